The monoisotopic (exact) mass is 301 g/mol. The molecule has 0 aliphatic heterocycles. The molecule has 0 heterocycles. The number of hydrogen-bond donors (Lipinski definition) is 1. The summed E-state index contributed by atoms with van der Waals surface area (Å²) in [7, 11) is 3.15. The third kappa shape index (κ3) is 3.72. The molecule has 2 aromatic rings. The number of nitrogens with one attached hydrogen (secondary N) is 1. The van der Waals surface area contributed by atoms with E-state index in [4.69, 9.17) is 9.47 Å². The number of benzene rings is 2. The molecule has 1 N–H and O–H groups in total. The number of rotatable bonds is 6. The summed E-state index contributed by atoms with van der Waals surface area (Å²) in [5, 5.41) is 14.7. The molecule has 7 heteroatoms. The molecule has 2 aromatic carbocycles. The first-order valence-electron chi connectivity index (χ1n) is 6.39. The summed E-state index contributed by atoms with van der Waals surface area (Å²) in [5.74, 6) is 1.35. The van der Waals surface area contributed by atoms with Crippen LogP contribution in [0.25, 0.3) is 0 Å². The number of methoxy groups -OCH3 is 2. The van der Waals surface area contributed by atoms with Gasteiger partial charge in [-0.25, -0.2) is 0 Å². The van der Waals surface area contributed by atoms with Crippen LogP contribution in [0.15, 0.2) is 47.6 Å². The maximum Gasteiger partial charge on any atom is 0.269 e. The summed E-state index contributed by atoms with van der Waals surface area (Å²) in [4.78, 5) is 10.1. The van der Waals surface area contributed by atoms with Crippen LogP contribution < -0.4 is 14.9 Å². The molecule has 0 aliphatic rings. The molecule has 0 aromatic heterocycles. The Morgan fingerprint density at radius 2 is 1.86 bits per heavy atom. The highest BCUT2D eigenvalue weighted by molar-refractivity contribution is 5.84. The summed E-state index contributed by atoms with van der Waals surface area (Å²) in [6.45, 7) is 0. The number of non-ortho nitro benzene ring substituents is 1. The first-order chi connectivity index (χ1) is 10.6. The van der Waals surface area contributed by atoms with Crippen LogP contribution in [0.1, 0.15) is 5.56 Å². The second kappa shape index (κ2) is 7.07. The molecule has 7 nitrogen and oxygen atoms in total. The molecule has 114 valence electrons. The minimum Gasteiger partial charge on any atom is -0.497 e. The van der Waals surface area contributed by atoms with E-state index < -0.39 is 4.92 Å². The van der Waals surface area contributed by atoms with Gasteiger partial charge in [-0.2, -0.15) is 5.10 Å². The molecule has 0 fully saturated rings. The third-order valence-corrected chi connectivity index (χ3v) is 2.91. The fraction of sp³-hybridized carbons (Fsp3) is 0.133. The van der Waals surface area contributed by atoms with E-state index in [2.05, 4.69) is 10.5 Å². The average molecular weight is 301 g/mol. The van der Waals surface area contributed by atoms with Gasteiger partial charge in [0, 0.05) is 17.7 Å². The molecule has 0 atom stereocenters. The Balaban J connectivity index is 2.10. The highest BCUT2D eigenvalue weighted by atomic mass is 16.6. The number of ether oxygens (including phenoxy) is 2. The van der Waals surface area contributed by atoms with Gasteiger partial charge in [-0.05, 0) is 30.3 Å². The minimum absolute atomic E-state index is 0.0315. The number of nitrogens with zero attached hydrogens (tertiary/aromatic N) is 2. The highest BCUT2D eigenvalue weighted by Crippen LogP contribution is 2.22. The first-order valence-corrected chi connectivity index (χ1v) is 6.39. The Morgan fingerprint density at radius 1 is 1.14 bits per heavy atom. The predicted molar refractivity (Wildman–Crippen MR) is 83.9 cm³/mol. The van der Waals surface area contributed by atoms with Crippen molar-refractivity contribution in [2.24, 2.45) is 5.10 Å². The van der Waals surface area contributed by atoms with Gasteiger partial charge in [-0.15, -0.1) is 0 Å². The molecule has 0 aliphatic carbocycles. The van der Waals surface area contributed by atoms with Gasteiger partial charge in [-0.1, -0.05) is 0 Å². The second-order valence-corrected chi connectivity index (χ2v) is 4.28. The van der Waals surface area contributed by atoms with Gasteiger partial charge < -0.3 is 9.47 Å². The molecule has 0 radical (unpaired) electrons. The molecule has 22 heavy (non-hydrogen) atoms. The van der Waals surface area contributed by atoms with Gasteiger partial charge in [0.1, 0.15) is 11.5 Å². The highest BCUT2D eigenvalue weighted by Gasteiger charge is 2.04. The second-order valence-electron chi connectivity index (χ2n) is 4.28. The van der Waals surface area contributed by atoms with Crippen LogP contribution in [0.3, 0.4) is 0 Å². The van der Waals surface area contributed by atoms with Crippen molar-refractivity contribution in [3.8, 4) is 11.5 Å². The first kappa shape index (κ1) is 15.3. The van der Waals surface area contributed by atoms with Crippen LogP contribution in [0, 0.1) is 10.1 Å². The van der Waals surface area contributed by atoms with Crippen molar-refractivity contribution in [3.05, 3.63) is 58.1 Å². The van der Waals surface area contributed by atoms with Crippen molar-refractivity contribution in [1.82, 2.24) is 0 Å². The Labute approximate surface area is 127 Å². The summed E-state index contributed by atoms with van der Waals surface area (Å²) in [6.07, 6.45) is 1.59. The van der Waals surface area contributed by atoms with Crippen LogP contribution in [0.4, 0.5) is 11.4 Å². The van der Waals surface area contributed by atoms with Crippen molar-refractivity contribution < 1.29 is 14.4 Å². The van der Waals surface area contributed by atoms with Gasteiger partial charge >= 0.3 is 0 Å². The van der Waals surface area contributed by atoms with Gasteiger partial charge in [0.15, 0.2) is 0 Å². The quantitative estimate of drug-likeness (QED) is 0.503. The third-order valence-electron chi connectivity index (χ3n) is 2.91. The van der Waals surface area contributed by atoms with Crippen molar-refractivity contribution in [3.63, 3.8) is 0 Å². The Hall–Kier alpha value is -3.09. The largest absolute Gasteiger partial charge is 0.497 e. The molecule has 0 unspecified atom stereocenters. The zero-order valence-corrected chi connectivity index (χ0v) is 12.1. The van der Waals surface area contributed by atoms with E-state index in [-0.39, 0.29) is 5.69 Å². The van der Waals surface area contributed by atoms with E-state index in [0.717, 1.165) is 5.56 Å². The van der Waals surface area contributed by atoms with Crippen molar-refractivity contribution in [1.29, 1.82) is 0 Å². The summed E-state index contributed by atoms with van der Waals surface area (Å²) >= 11 is 0. The van der Waals surface area contributed by atoms with Crippen LogP contribution in [-0.2, 0) is 0 Å². The Kier molecular flexibility index (Phi) is 4.92. The van der Waals surface area contributed by atoms with Crippen molar-refractivity contribution in [2.45, 2.75) is 0 Å². The lowest BCUT2D eigenvalue weighted by atomic mass is 10.2. The van der Waals surface area contributed by atoms with Crippen LogP contribution in [-0.4, -0.2) is 25.4 Å². The number of nitro groups is 1. The zero-order valence-electron chi connectivity index (χ0n) is 12.1. The van der Waals surface area contributed by atoms with Gasteiger partial charge in [0.05, 0.1) is 31.0 Å². The van der Waals surface area contributed by atoms with Crippen LogP contribution in [0.2, 0.25) is 0 Å². The molecule has 0 saturated heterocycles. The smallest absolute Gasteiger partial charge is 0.269 e. The molecule has 0 spiro atoms. The van der Waals surface area contributed by atoms with E-state index in [1.54, 1.807) is 50.8 Å². The minimum atomic E-state index is -0.450. The predicted octanol–water partition coefficient (Wildman–Crippen LogP) is 3.06. The van der Waals surface area contributed by atoms with Crippen molar-refractivity contribution in [2.75, 3.05) is 19.6 Å². The van der Waals surface area contributed by atoms with Gasteiger partial charge in [-0.3, -0.25) is 15.5 Å². The van der Waals surface area contributed by atoms with Crippen LogP contribution in [0.5, 0.6) is 11.5 Å². The maximum absolute atomic E-state index is 10.6. The molecule has 0 amide bonds. The van der Waals surface area contributed by atoms with Gasteiger partial charge in [0.25, 0.3) is 5.69 Å². The normalized spacial score (nSPS) is 10.5. The lowest BCUT2D eigenvalue weighted by molar-refractivity contribution is -0.384. The van der Waals surface area contributed by atoms with E-state index in [9.17, 15) is 10.1 Å². The molecule has 0 bridgehead atoms. The standard InChI is InChI=1S/C15H15N3O4/c1-21-14-7-8-15(22-2)11(9-14)10-16-17-12-3-5-13(6-4-12)18(19)20/h3-10,17H,1-2H3/b16-10+. The zero-order chi connectivity index (χ0) is 15.9. The molecular weight excluding hydrogens is 286 g/mol. The van der Waals surface area contributed by atoms with Gasteiger partial charge in [0.2, 0.25) is 0 Å². The molecular formula is C15H15N3O4. The fourth-order valence-electron chi connectivity index (χ4n) is 1.77. The SMILES string of the molecule is COc1ccc(OC)c(/C=N/Nc2ccc([N+](=O)[O-])cc2)c1. The molecule has 2 rings (SSSR count). The molecule has 0 saturated carbocycles. The van der Waals surface area contributed by atoms with Crippen molar-refractivity contribution >= 4 is 17.6 Å². The number of anilines is 1. The Bertz CT molecular complexity index is 684. The lowest BCUT2D eigenvalue weighted by Gasteiger charge is -2.07. The summed E-state index contributed by atoms with van der Waals surface area (Å²) in [5.41, 5.74) is 4.22. The average Bonchev–Trinajstić information content (AvgIpc) is 2.55. The number of hydrogen-bond acceptors (Lipinski definition) is 6. The van der Waals surface area contributed by atoms with E-state index in [0.29, 0.717) is 17.2 Å². The fourth-order valence-corrected chi connectivity index (χ4v) is 1.77. The van der Waals surface area contributed by atoms with E-state index in [1.165, 1.54) is 12.1 Å². The topological polar surface area (TPSA) is 86.0 Å². The number of hydrazone groups is 1. The van der Waals surface area contributed by atoms with Crippen LogP contribution >= 0.6 is 0 Å². The Morgan fingerprint density at radius 3 is 2.45 bits per heavy atom. The lowest BCUT2D eigenvalue weighted by Crippen LogP contribution is -1.95. The van der Waals surface area contributed by atoms with E-state index >= 15 is 0 Å². The number of nitro benzene ring substituents is 1. The summed E-state index contributed by atoms with van der Waals surface area (Å²) in [6, 6.07) is 11.3. The summed E-state index contributed by atoms with van der Waals surface area (Å²) < 4.78 is 10.4. The maximum atomic E-state index is 10.6. The van der Waals surface area contributed by atoms with E-state index in [1.807, 2.05) is 0 Å².